The van der Waals surface area contributed by atoms with Crippen LogP contribution in [0.2, 0.25) is 0 Å². The van der Waals surface area contributed by atoms with Gasteiger partial charge in [-0.1, -0.05) is 91.0 Å². The molecule has 7 aromatic carbocycles. The predicted molar refractivity (Wildman–Crippen MR) is 186 cm³/mol. The quantitative estimate of drug-likeness (QED) is 0.210. The third-order valence-corrected chi connectivity index (χ3v) is 9.21. The van der Waals surface area contributed by atoms with E-state index in [-0.39, 0.29) is 0 Å². The molecule has 3 heterocycles. The minimum Gasteiger partial charge on any atom is -0.456 e. The number of furan rings is 2. The summed E-state index contributed by atoms with van der Waals surface area (Å²) in [6.45, 7) is 0. The summed E-state index contributed by atoms with van der Waals surface area (Å²) in [5, 5.41) is 6.96. The highest BCUT2D eigenvalue weighted by Crippen LogP contribution is 2.43. The van der Waals surface area contributed by atoms with Crippen LogP contribution in [0.5, 0.6) is 0 Å². The molecule has 0 fully saturated rings. The lowest BCUT2D eigenvalue weighted by Gasteiger charge is -2.08. The Kier molecular flexibility index (Phi) is 5.00. The van der Waals surface area contributed by atoms with Gasteiger partial charge in [-0.05, 0) is 82.9 Å². The zero-order chi connectivity index (χ0) is 29.5. The molecule has 45 heavy (non-hydrogen) atoms. The van der Waals surface area contributed by atoms with E-state index in [1.807, 2.05) is 12.1 Å². The van der Waals surface area contributed by atoms with E-state index in [1.54, 1.807) is 0 Å². The van der Waals surface area contributed by atoms with Crippen LogP contribution < -0.4 is 0 Å². The second-order valence-electron chi connectivity index (χ2n) is 11.7. The van der Waals surface area contributed by atoms with Crippen LogP contribution in [0.25, 0.3) is 93.6 Å². The highest BCUT2D eigenvalue weighted by Gasteiger charge is 2.18. The van der Waals surface area contributed by atoms with Gasteiger partial charge in [0, 0.05) is 38.0 Å². The first-order chi connectivity index (χ1) is 22.3. The second kappa shape index (κ2) is 9.22. The first-order valence-electron chi connectivity index (χ1n) is 15.3. The van der Waals surface area contributed by atoms with Crippen molar-refractivity contribution in [3.05, 3.63) is 152 Å². The minimum atomic E-state index is 0.880. The fourth-order valence-electron chi connectivity index (χ4n) is 7.24. The van der Waals surface area contributed by atoms with Crippen LogP contribution in [0, 0.1) is 0 Å². The molecular weight excluding hydrogens is 550 g/mol. The summed E-state index contributed by atoms with van der Waals surface area (Å²) >= 11 is 0. The Hall–Kier alpha value is -6.06. The van der Waals surface area contributed by atoms with Crippen molar-refractivity contribution >= 4 is 65.7 Å². The van der Waals surface area contributed by atoms with Gasteiger partial charge in [-0.3, -0.25) is 0 Å². The maximum Gasteiger partial charge on any atom is 0.136 e. The molecule has 0 bridgehead atoms. The van der Waals surface area contributed by atoms with Gasteiger partial charge in [-0.15, -0.1) is 0 Å². The molecule has 0 saturated heterocycles. The van der Waals surface area contributed by atoms with Crippen molar-refractivity contribution in [3.8, 4) is 27.9 Å². The molecule has 3 heteroatoms. The normalized spacial score (nSPS) is 12.0. The standard InChI is InChI=1S/C42H25NO2/c1-2-10-28(11-3-1)43-35-16-6-4-12-29(35)33-24-26(20-22-36(33)43)27-21-23-38-34(25-27)42-31(15-9-19-40(42)45-38)30-14-8-18-39-41(30)32-13-5-7-17-37(32)44-39/h1-25H. The van der Waals surface area contributed by atoms with Crippen molar-refractivity contribution in [2.45, 2.75) is 0 Å². The maximum atomic E-state index is 6.44. The van der Waals surface area contributed by atoms with Gasteiger partial charge >= 0.3 is 0 Å². The topological polar surface area (TPSA) is 31.2 Å². The summed E-state index contributed by atoms with van der Waals surface area (Å²) in [4.78, 5) is 0. The number of para-hydroxylation sites is 3. The molecule has 210 valence electrons. The largest absolute Gasteiger partial charge is 0.456 e. The van der Waals surface area contributed by atoms with E-state index in [9.17, 15) is 0 Å². The fourth-order valence-corrected chi connectivity index (χ4v) is 7.24. The third-order valence-electron chi connectivity index (χ3n) is 9.21. The summed E-state index contributed by atoms with van der Waals surface area (Å²) in [6, 6.07) is 53.6. The lowest BCUT2D eigenvalue weighted by atomic mass is 9.94. The number of hydrogen-bond acceptors (Lipinski definition) is 2. The summed E-state index contributed by atoms with van der Waals surface area (Å²) in [6.07, 6.45) is 0. The van der Waals surface area contributed by atoms with Crippen molar-refractivity contribution in [2.24, 2.45) is 0 Å². The van der Waals surface area contributed by atoms with Gasteiger partial charge in [-0.25, -0.2) is 0 Å². The number of aromatic nitrogens is 1. The van der Waals surface area contributed by atoms with Crippen LogP contribution in [-0.4, -0.2) is 4.57 Å². The molecule has 0 atom stereocenters. The van der Waals surface area contributed by atoms with Gasteiger partial charge in [0.2, 0.25) is 0 Å². The van der Waals surface area contributed by atoms with Crippen LogP contribution in [0.1, 0.15) is 0 Å². The fraction of sp³-hybridized carbons (Fsp3) is 0. The highest BCUT2D eigenvalue weighted by atomic mass is 16.3. The van der Waals surface area contributed by atoms with E-state index in [4.69, 9.17) is 8.83 Å². The molecule has 0 N–H and O–H groups in total. The van der Waals surface area contributed by atoms with E-state index >= 15 is 0 Å². The molecule has 10 rings (SSSR count). The first-order valence-corrected chi connectivity index (χ1v) is 15.3. The molecule has 0 aliphatic rings. The first kappa shape index (κ1) is 24.4. The van der Waals surface area contributed by atoms with E-state index in [0.29, 0.717) is 0 Å². The monoisotopic (exact) mass is 575 g/mol. The van der Waals surface area contributed by atoms with E-state index in [2.05, 4.69) is 144 Å². The van der Waals surface area contributed by atoms with Crippen molar-refractivity contribution in [2.75, 3.05) is 0 Å². The van der Waals surface area contributed by atoms with Crippen molar-refractivity contribution < 1.29 is 8.83 Å². The van der Waals surface area contributed by atoms with Gasteiger partial charge in [-0.2, -0.15) is 0 Å². The number of hydrogen-bond donors (Lipinski definition) is 0. The Morgan fingerprint density at radius 2 is 0.911 bits per heavy atom. The number of nitrogens with zero attached hydrogens (tertiary/aromatic N) is 1. The summed E-state index contributed by atoms with van der Waals surface area (Å²) in [5.41, 5.74) is 11.7. The van der Waals surface area contributed by atoms with Crippen LogP contribution in [0.3, 0.4) is 0 Å². The van der Waals surface area contributed by atoms with Gasteiger partial charge in [0.25, 0.3) is 0 Å². The van der Waals surface area contributed by atoms with E-state index < -0.39 is 0 Å². The SMILES string of the molecule is c1ccc(-n2c3ccccc3c3cc(-c4ccc5oc6cccc(-c7cccc8oc9ccccc9c78)c6c5c4)ccc32)cc1. The van der Waals surface area contributed by atoms with Gasteiger partial charge in [0.1, 0.15) is 22.3 Å². The van der Waals surface area contributed by atoms with Crippen LogP contribution in [0.4, 0.5) is 0 Å². The Labute approximate surface area is 258 Å². The molecule has 0 radical (unpaired) electrons. The molecule has 0 unspecified atom stereocenters. The van der Waals surface area contributed by atoms with Crippen LogP contribution in [-0.2, 0) is 0 Å². The summed E-state index contributed by atoms with van der Waals surface area (Å²) in [5.74, 6) is 0. The number of rotatable bonds is 3. The Bertz CT molecular complexity index is 2760. The Balaban J connectivity index is 1.20. The van der Waals surface area contributed by atoms with Gasteiger partial charge in [0.05, 0.1) is 11.0 Å². The summed E-state index contributed by atoms with van der Waals surface area (Å²) in [7, 11) is 0. The zero-order valence-electron chi connectivity index (χ0n) is 24.2. The van der Waals surface area contributed by atoms with E-state index in [1.165, 1.54) is 27.4 Å². The van der Waals surface area contributed by atoms with Crippen molar-refractivity contribution in [1.29, 1.82) is 0 Å². The molecule has 0 aliphatic carbocycles. The molecule has 0 spiro atoms. The molecular formula is C42H25NO2. The maximum absolute atomic E-state index is 6.44. The molecule has 3 nitrogen and oxygen atoms in total. The highest BCUT2D eigenvalue weighted by molar-refractivity contribution is 6.20. The minimum absolute atomic E-state index is 0.880. The lowest BCUT2D eigenvalue weighted by Crippen LogP contribution is -1.92. The average molecular weight is 576 g/mol. The number of fused-ring (bicyclic) bond motifs is 9. The molecule has 10 aromatic rings. The van der Waals surface area contributed by atoms with E-state index in [0.717, 1.165) is 66.3 Å². The van der Waals surface area contributed by atoms with Crippen molar-refractivity contribution in [1.82, 2.24) is 4.57 Å². The van der Waals surface area contributed by atoms with Gasteiger partial charge in [0.15, 0.2) is 0 Å². The smallest absolute Gasteiger partial charge is 0.136 e. The number of benzene rings is 7. The van der Waals surface area contributed by atoms with Gasteiger partial charge < -0.3 is 13.4 Å². The average Bonchev–Trinajstić information content (AvgIpc) is 3.77. The van der Waals surface area contributed by atoms with Crippen LogP contribution in [0.15, 0.2) is 160 Å². The summed E-state index contributed by atoms with van der Waals surface area (Å²) < 4.78 is 15.0. The van der Waals surface area contributed by atoms with Crippen LogP contribution >= 0.6 is 0 Å². The lowest BCUT2D eigenvalue weighted by molar-refractivity contribution is 0.668. The Morgan fingerprint density at radius 1 is 0.356 bits per heavy atom. The van der Waals surface area contributed by atoms with Crippen molar-refractivity contribution in [3.63, 3.8) is 0 Å². The zero-order valence-corrected chi connectivity index (χ0v) is 24.2. The Morgan fingerprint density at radius 3 is 1.69 bits per heavy atom. The molecule has 0 saturated carbocycles. The third kappa shape index (κ3) is 3.52. The molecule has 0 aliphatic heterocycles. The molecule has 3 aromatic heterocycles. The second-order valence-corrected chi connectivity index (χ2v) is 11.7. The molecule has 0 amide bonds. The predicted octanol–water partition coefficient (Wildman–Crippen LogP) is 11.9.